The Balaban J connectivity index is 2.26. The van der Waals surface area contributed by atoms with Gasteiger partial charge in [-0.2, -0.15) is 5.10 Å². The predicted octanol–water partition coefficient (Wildman–Crippen LogP) is 2.57. The van der Waals surface area contributed by atoms with E-state index in [2.05, 4.69) is 5.10 Å². The zero-order valence-electron chi connectivity index (χ0n) is 13.9. The molecule has 1 heterocycles. The summed E-state index contributed by atoms with van der Waals surface area (Å²) >= 11 is 0. The third-order valence-corrected chi connectivity index (χ3v) is 3.70. The van der Waals surface area contributed by atoms with Gasteiger partial charge >= 0.3 is 5.97 Å². The molecule has 1 amide bonds. The molecule has 0 bridgehead atoms. The molecule has 0 radical (unpaired) electrons. The highest BCUT2D eigenvalue weighted by atomic mass is 19.1. The van der Waals surface area contributed by atoms with Gasteiger partial charge in [-0.25, -0.2) is 9.07 Å². The van der Waals surface area contributed by atoms with Crippen LogP contribution in [0.25, 0.3) is 5.69 Å². The van der Waals surface area contributed by atoms with E-state index in [0.29, 0.717) is 6.54 Å². The summed E-state index contributed by atoms with van der Waals surface area (Å²) in [5.41, 5.74) is 2.02. The van der Waals surface area contributed by atoms with E-state index in [-0.39, 0.29) is 24.2 Å². The number of carbonyl (C=O) groups excluding carboxylic acids is 1. The van der Waals surface area contributed by atoms with Crippen LogP contribution in [0.2, 0.25) is 0 Å². The number of aryl methyl sites for hydroxylation is 2. The van der Waals surface area contributed by atoms with Crippen LogP contribution in [0.1, 0.15) is 35.1 Å². The number of rotatable bonds is 6. The van der Waals surface area contributed by atoms with Crippen LogP contribution in [0.4, 0.5) is 4.39 Å². The predicted molar refractivity (Wildman–Crippen MR) is 86.8 cm³/mol. The maximum Gasteiger partial charge on any atom is 0.305 e. The Morgan fingerprint density at radius 1 is 1.29 bits per heavy atom. The number of hydrogen-bond acceptors (Lipinski definition) is 3. The SMILES string of the molecule is CCN(CCC(=O)O)C(=O)c1ccc(-n2nc(C)cc2C)c(F)c1. The molecule has 1 N–H and O–H groups in total. The molecule has 2 rings (SSSR count). The van der Waals surface area contributed by atoms with Gasteiger partial charge in [0.2, 0.25) is 0 Å². The average molecular weight is 333 g/mol. The number of carboxylic acids is 1. The van der Waals surface area contributed by atoms with Gasteiger partial charge in [-0.1, -0.05) is 0 Å². The van der Waals surface area contributed by atoms with E-state index in [1.807, 2.05) is 19.9 Å². The van der Waals surface area contributed by atoms with Gasteiger partial charge in [0, 0.05) is 24.3 Å². The number of aliphatic carboxylic acids is 1. The van der Waals surface area contributed by atoms with Crippen LogP contribution in [0.5, 0.6) is 0 Å². The van der Waals surface area contributed by atoms with Crippen LogP contribution in [0, 0.1) is 19.7 Å². The summed E-state index contributed by atoms with van der Waals surface area (Å²) < 4.78 is 15.9. The summed E-state index contributed by atoms with van der Waals surface area (Å²) in [4.78, 5) is 24.4. The molecule has 128 valence electrons. The second-order valence-corrected chi connectivity index (χ2v) is 5.53. The largest absolute Gasteiger partial charge is 0.481 e. The van der Waals surface area contributed by atoms with Crippen molar-refractivity contribution in [3.05, 3.63) is 47.0 Å². The summed E-state index contributed by atoms with van der Waals surface area (Å²) in [5.74, 6) is -1.92. The third kappa shape index (κ3) is 3.79. The topological polar surface area (TPSA) is 75.4 Å². The van der Waals surface area contributed by atoms with Crippen molar-refractivity contribution in [2.45, 2.75) is 27.2 Å². The Bertz CT molecular complexity index is 770. The second kappa shape index (κ2) is 7.25. The van der Waals surface area contributed by atoms with E-state index in [0.717, 1.165) is 17.5 Å². The van der Waals surface area contributed by atoms with Crippen molar-refractivity contribution in [1.82, 2.24) is 14.7 Å². The fourth-order valence-corrected chi connectivity index (χ4v) is 2.50. The minimum atomic E-state index is -0.979. The van der Waals surface area contributed by atoms with Crippen molar-refractivity contribution >= 4 is 11.9 Å². The number of benzene rings is 1. The number of halogens is 1. The lowest BCUT2D eigenvalue weighted by Gasteiger charge is -2.20. The lowest BCUT2D eigenvalue weighted by molar-refractivity contribution is -0.137. The molecule has 0 aliphatic carbocycles. The van der Waals surface area contributed by atoms with Gasteiger partial charge in [0.05, 0.1) is 12.1 Å². The van der Waals surface area contributed by atoms with E-state index in [9.17, 15) is 14.0 Å². The van der Waals surface area contributed by atoms with E-state index in [4.69, 9.17) is 5.11 Å². The minimum absolute atomic E-state index is 0.0888. The maximum atomic E-state index is 14.4. The van der Waals surface area contributed by atoms with Gasteiger partial charge in [0.15, 0.2) is 0 Å². The molecule has 0 fully saturated rings. The van der Waals surface area contributed by atoms with Crippen molar-refractivity contribution < 1.29 is 19.1 Å². The highest BCUT2D eigenvalue weighted by Gasteiger charge is 2.18. The number of aromatic nitrogens is 2. The van der Waals surface area contributed by atoms with Crippen LogP contribution < -0.4 is 0 Å². The maximum absolute atomic E-state index is 14.4. The molecule has 0 aliphatic rings. The summed E-state index contributed by atoms with van der Waals surface area (Å²) in [6, 6.07) is 6.04. The lowest BCUT2D eigenvalue weighted by atomic mass is 10.1. The number of carbonyl (C=O) groups is 2. The molecule has 0 atom stereocenters. The molecule has 1 aromatic heterocycles. The minimum Gasteiger partial charge on any atom is -0.481 e. The van der Waals surface area contributed by atoms with Crippen molar-refractivity contribution in [1.29, 1.82) is 0 Å². The fraction of sp³-hybridized carbons (Fsp3) is 0.353. The smallest absolute Gasteiger partial charge is 0.305 e. The molecule has 24 heavy (non-hydrogen) atoms. The first-order chi connectivity index (χ1) is 11.3. The van der Waals surface area contributed by atoms with Gasteiger partial charge < -0.3 is 10.0 Å². The summed E-state index contributed by atoms with van der Waals surface area (Å²) in [6.07, 6.45) is -0.147. The Kier molecular flexibility index (Phi) is 5.33. The van der Waals surface area contributed by atoms with E-state index in [1.165, 1.54) is 21.7 Å². The average Bonchev–Trinajstić information content (AvgIpc) is 2.85. The molecular formula is C17H20FN3O3. The first-order valence-corrected chi connectivity index (χ1v) is 7.67. The van der Waals surface area contributed by atoms with Crippen LogP contribution in [0.15, 0.2) is 24.3 Å². The second-order valence-electron chi connectivity index (χ2n) is 5.53. The van der Waals surface area contributed by atoms with E-state index < -0.39 is 17.7 Å². The normalized spacial score (nSPS) is 10.7. The molecule has 0 saturated carbocycles. The molecule has 6 nitrogen and oxygen atoms in total. The van der Waals surface area contributed by atoms with Gasteiger partial charge in [-0.3, -0.25) is 9.59 Å². The highest BCUT2D eigenvalue weighted by molar-refractivity contribution is 5.94. The molecule has 2 aromatic rings. The van der Waals surface area contributed by atoms with Crippen molar-refractivity contribution in [2.24, 2.45) is 0 Å². The number of hydrogen-bond donors (Lipinski definition) is 1. The van der Waals surface area contributed by atoms with Crippen LogP contribution in [-0.2, 0) is 4.79 Å². The monoisotopic (exact) mass is 333 g/mol. The molecule has 0 unspecified atom stereocenters. The highest BCUT2D eigenvalue weighted by Crippen LogP contribution is 2.18. The summed E-state index contributed by atoms with van der Waals surface area (Å²) in [5, 5.41) is 13.0. The van der Waals surface area contributed by atoms with Crippen molar-refractivity contribution in [3.63, 3.8) is 0 Å². The van der Waals surface area contributed by atoms with E-state index in [1.54, 1.807) is 6.92 Å². The Morgan fingerprint density at radius 2 is 2.00 bits per heavy atom. The van der Waals surface area contributed by atoms with Crippen LogP contribution >= 0.6 is 0 Å². The molecule has 0 spiro atoms. The molecule has 0 saturated heterocycles. The van der Waals surface area contributed by atoms with Gasteiger partial charge in [0.1, 0.15) is 11.5 Å². The Labute approximate surface area is 139 Å². The Hall–Kier alpha value is -2.70. The molecule has 1 aromatic carbocycles. The zero-order valence-corrected chi connectivity index (χ0v) is 13.9. The standard InChI is InChI=1S/C17H20FN3O3/c1-4-20(8-7-16(22)23)17(24)13-5-6-15(14(18)10-13)21-12(3)9-11(2)19-21/h5-6,9-10H,4,7-8H2,1-3H3,(H,22,23). The van der Waals surface area contributed by atoms with Gasteiger partial charge in [-0.15, -0.1) is 0 Å². The van der Waals surface area contributed by atoms with Crippen molar-refractivity contribution in [3.8, 4) is 5.69 Å². The third-order valence-electron chi connectivity index (χ3n) is 3.70. The molecule has 0 aliphatic heterocycles. The molecule has 7 heteroatoms. The first-order valence-electron chi connectivity index (χ1n) is 7.67. The van der Waals surface area contributed by atoms with Crippen LogP contribution in [-0.4, -0.2) is 44.8 Å². The molecular weight excluding hydrogens is 313 g/mol. The summed E-state index contributed by atoms with van der Waals surface area (Å²) in [7, 11) is 0. The van der Waals surface area contributed by atoms with Gasteiger partial charge in [-0.05, 0) is 45.0 Å². The number of carboxylic acid groups (broad SMARTS) is 1. The quantitative estimate of drug-likeness (QED) is 0.881. The first kappa shape index (κ1) is 17.7. The Morgan fingerprint density at radius 3 is 2.50 bits per heavy atom. The number of amides is 1. The number of nitrogens with zero attached hydrogens (tertiary/aromatic N) is 3. The fourth-order valence-electron chi connectivity index (χ4n) is 2.50. The van der Waals surface area contributed by atoms with Crippen LogP contribution in [0.3, 0.4) is 0 Å². The zero-order chi connectivity index (χ0) is 17.9. The van der Waals surface area contributed by atoms with Crippen molar-refractivity contribution in [2.75, 3.05) is 13.1 Å². The lowest BCUT2D eigenvalue weighted by Crippen LogP contribution is -2.33. The van der Waals surface area contributed by atoms with E-state index >= 15 is 0 Å². The van der Waals surface area contributed by atoms with Gasteiger partial charge in [0.25, 0.3) is 5.91 Å². The summed E-state index contributed by atoms with van der Waals surface area (Å²) in [6.45, 7) is 5.84.